The van der Waals surface area contributed by atoms with Gasteiger partial charge in [0.25, 0.3) is 5.91 Å². The lowest BCUT2D eigenvalue weighted by Crippen LogP contribution is -2.35. The largest absolute Gasteiger partial charge is 0.494 e. The smallest absolute Gasteiger partial charge is 0.255 e. The fourth-order valence-electron chi connectivity index (χ4n) is 3.50. The molecule has 3 rings (SSSR count). The molecule has 0 aromatic heterocycles. The molecule has 0 aliphatic carbocycles. The van der Waals surface area contributed by atoms with Gasteiger partial charge in [-0.1, -0.05) is 13.3 Å². The first-order valence-corrected chi connectivity index (χ1v) is 12.6. The van der Waals surface area contributed by atoms with Crippen molar-refractivity contribution in [1.82, 2.24) is 4.31 Å². The molecule has 1 aliphatic rings. The number of carbonyl (C=O) groups excluding carboxylic acids is 1. The molecule has 8 heteroatoms. The first-order chi connectivity index (χ1) is 15.3. The first-order valence-electron chi connectivity index (χ1n) is 11.2. The molecule has 2 aromatic carbocycles. The average Bonchev–Trinajstić information content (AvgIpc) is 2.79. The van der Waals surface area contributed by atoms with Crippen LogP contribution in [-0.4, -0.2) is 44.4 Å². The molecular weight excluding hydrogens is 428 g/mol. The predicted molar refractivity (Wildman–Crippen MR) is 125 cm³/mol. The summed E-state index contributed by atoms with van der Waals surface area (Å²) in [5, 5.41) is 2.82. The Kier molecular flexibility index (Phi) is 8.15. The van der Waals surface area contributed by atoms with Crippen LogP contribution >= 0.6 is 0 Å². The van der Waals surface area contributed by atoms with Crippen molar-refractivity contribution in [2.75, 3.05) is 25.0 Å². The van der Waals surface area contributed by atoms with Crippen molar-refractivity contribution in [3.8, 4) is 11.5 Å². The Morgan fingerprint density at radius 2 is 1.75 bits per heavy atom. The summed E-state index contributed by atoms with van der Waals surface area (Å²) in [6.07, 6.45) is 3.52. The zero-order chi connectivity index (χ0) is 23.1. The lowest BCUT2D eigenvalue weighted by Gasteiger charge is -2.26. The summed E-state index contributed by atoms with van der Waals surface area (Å²) in [6.45, 7) is 7.41. The fourth-order valence-corrected chi connectivity index (χ4v) is 5.04. The summed E-state index contributed by atoms with van der Waals surface area (Å²) < 4.78 is 39.1. The van der Waals surface area contributed by atoms with Crippen LogP contribution < -0.4 is 14.8 Å². The normalized spacial score (nSPS) is 14.9. The molecule has 1 fully saturated rings. The van der Waals surface area contributed by atoms with Gasteiger partial charge in [0, 0.05) is 18.7 Å². The Bertz CT molecular complexity index is 1010. The van der Waals surface area contributed by atoms with Crippen LogP contribution in [0.3, 0.4) is 0 Å². The van der Waals surface area contributed by atoms with Crippen molar-refractivity contribution in [3.63, 3.8) is 0 Å². The van der Waals surface area contributed by atoms with Crippen molar-refractivity contribution >= 4 is 21.6 Å². The molecule has 2 aromatic rings. The Morgan fingerprint density at radius 3 is 2.38 bits per heavy atom. The lowest BCUT2D eigenvalue weighted by molar-refractivity contribution is 0.102. The minimum atomic E-state index is -3.63. The molecule has 32 heavy (non-hydrogen) atoms. The van der Waals surface area contributed by atoms with Gasteiger partial charge in [-0.3, -0.25) is 4.79 Å². The predicted octanol–water partition coefficient (Wildman–Crippen LogP) is 4.69. The van der Waals surface area contributed by atoms with E-state index in [0.717, 1.165) is 25.7 Å². The number of benzene rings is 2. The van der Waals surface area contributed by atoms with Gasteiger partial charge in [0.2, 0.25) is 10.0 Å². The molecule has 0 unspecified atom stereocenters. The number of hydrogen-bond acceptors (Lipinski definition) is 5. The first kappa shape index (κ1) is 24.1. The van der Waals surface area contributed by atoms with E-state index in [-0.39, 0.29) is 16.9 Å². The molecule has 1 amide bonds. The second-order valence-electron chi connectivity index (χ2n) is 8.12. The number of nitrogens with zero attached hydrogens (tertiary/aromatic N) is 1. The van der Waals surface area contributed by atoms with Gasteiger partial charge in [0.05, 0.1) is 23.3 Å². The average molecular weight is 461 g/mol. The highest BCUT2D eigenvalue weighted by Gasteiger charge is 2.27. The van der Waals surface area contributed by atoms with Crippen molar-refractivity contribution in [2.24, 2.45) is 0 Å². The van der Waals surface area contributed by atoms with E-state index in [4.69, 9.17) is 9.47 Å². The molecule has 1 aliphatic heterocycles. The lowest BCUT2D eigenvalue weighted by atomic mass is 10.2. The molecule has 0 spiro atoms. The van der Waals surface area contributed by atoms with Crippen LogP contribution in [0.15, 0.2) is 47.4 Å². The molecular formula is C24H32N2O5S. The Morgan fingerprint density at radius 1 is 1.06 bits per heavy atom. The van der Waals surface area contributed by atoms with Gasteiger partial charge >= 0.3 is 0 Å². The maximum Gasteiger partial charge on any atom is 0.255 e. The Hall–Kier alpha value is -2.58. The van der Waals surface area contributed by atoms with E-state index in [0.29, 0.717) is 42.4 Å². The Balaban J connectivity index is 1.85. The third kappa shape index (κ3) is 6.01. The third-order valence-electron chi connectivity index (χ3n) is 5.10. The second-order valence-corrected chi connectivity index (χ2v) is 10.1. The number of ether oxygens (including phenoxy) is 2. The summed E-state index contributed by atoms with van der Waals surface area (Å²) in [6, 6.07) is 11.5. The van der Waals surface area contributed by atoms with E-state index in [1.54, 1.807) is 30.3 Å². The van der Waals surface area contributed by atoms with Crippen molar-refractivity contribution in [3.05, 3.63) is 48.0 Å². The third-order valence-corrected chi connectivity index (χ3v) is 7.00. The minimum Gasteiger partial charge on any atom is -0.494 e. The van der Waals surface area contributed by atoms with Crippen LogP contribution in [0.25, 0.3) is 0 Å². The SMILES string of the molecule is CCCOc1ccc(C(=O)Nc2cc(S(=O)(=O)N3CCCCC3)ccc2OC(C)C)cc1. The summed E-state index contributed by atoms with van der Waals surface area (Å²) in [7, 11) is -3.63. The molecule has 1 N–H and O–H groups in total. The molecule has 1 saturated heterocycles. The van der Waals surface area contributed by atoms with Gasteiger partial charge < -0.3 is 14.8 Å². The number of nitrogens with one attached hydrogen (secondary N) is 1. The number of amides is 1. The highest BCUT2D eigenvalue weighted by molar-refractivity contribution is 7.89. The topological polar surface area (TPSA) is 84.9 Å². The van der Waals surface area contributed by atoms with Crippen LogP contribution in [0.2, 0.25) is 0 Å². The number of carbonyl (C=O) groups is 1. The summed E-state index contributed by atoms with van der Waals surface area (Å²) in [5.41, 5.74) is 0.765. The highest BCUT2D eigenvalue weighted by Crippen LogP contribution is 2.31. The zero-order valence-corrected chi connectivity index (χ0v) is 19.8. The molecule has 0 radical (unpaired) electrons. The van der Waals surface area contributed by atoms with Crippen molar-refractivity contribution < 1.29 is 22.7 Å². The minimum absolute atomic E-state index is 0.134. The van der Waals surface area contributed by atoms with Crippen LogP contribution in [-0.2, 0) is 10.0 Å². The van der Waals surface area contributed by atoms with E-state index >= 15 is 0 Å². The fraction of sp³-hybridized carbons (Fsp3) is 0.458. The van der Waals surface area contributed by atoms with Crippen LogP contribution in [0.1, 0.15) is 56.8 Å². The van der Waals surface area contributed by atoms with E-state index in [9.17, 15) is 13.2 Å². The second kappa shape index (κ2) is 10.8. The van der Waals surface area contributed by atoms with Gasteiger partial charge in [-0.2, -0.15) is 4.31 Å². The zero-order valence-electron chi connectivity index (χ0n) is 19.0. The van der Waals surface area contributed by atoms with Gasteiger partial charge in [-0.15, -0.1) is 0 Å². The van der Waals surface area contributed by atoms with E-state index in [1.807, 2.05) is 20.8 Å². The number of rotatable bonds is 9. The summed E-state index contributed by atoms with van der Waals surface area (Å²) >= 11 is 0. The molecule has 0 atom stereocenters. The van der Waals surface area contributed by atoms with E-state index in [2.05, 4.69) is 5.32 Å². The van der Waals surface area contributed by atoms with Crippen LogP contribution in [0.4, 0.5) is 5.69 Å². The summed E-state index contributed by atoms with van der Waals surface area (Å²) in [5.74, 6) is 0.767. The van der Waals surface area contributed by atoms with Crippen LogP contribution in [0.5, 0.6) is 11.5 Å². The van der Waals surface area contributed by atoms with Gasteiger partial charge in [0.15, 0.2) is 0 Å². The van der Waals surface area contributed by atoms with Gasteiger partial charge in [-0.25, -0.2) is 8.42 Å². The number of anilines is 1. The Labute approximate surface area is 190 Å². The maximum atomic E-state index is 13.1. The number of hydrogen-bond donors (Lipinski definition) is 1. The van der Waals surface area contributed by atoms with Crippen molar-refractivity contribution in [2.45, 2.75) is 57.5 Å². The molecule has 1 heterocycles. The number of sulfonamides is 1. The highest BCUT2D eigenvalue weighted by atomic mass is 32.2. The summed E-state index contributed by atoms with van der Waals surface area (Å²) in [4.78, 5) is 13.0. The maximum absolute atomic E-state index is 13.1. The van der Waals surface area contributed by atoms with E-state index in [1.165, 1.54) is 16.4 Å². The molecule has 0 bridgehead atoms. The number of piperidine rings is 1. The van der Waals surface area contributed by atoms with E-state index < -0.39 is 10.0 Å². The standard InChI is InChI=1S/C24H32N2O5S/c1-4-16-30-20-10-8-19(9-11-20)24(27)25-22-17-21(12-13-23(22)31-18(2)3)32(28,29)26-14-6-5-7-15-26/h8-13,17-18H,4-7,14-16H2,1-3H3,(H,25,27). The van der Waals surface area contributed by atoms with Crippen LogP contribution in [0, 0.1) is 0 Å². The quantitative estimate of drug-likeness (QED) is 0.587. The molecule has 7 nitrogen and oxygen atoms in total. The van der Waals surface area contributed by atoms with Crippen molar-refractivity contribution in [1.29, 1.82) is 0 Å². The molecule has 0 saturated carbocycles. The van der Waals surface area contributed by atoms with Gasteiger partial charge in [-0.05, 0) is 75.6 Å². The molecule has 174 valence electrons. The monoisotopic (exact) mass is 460 g/mol. The van der Waals surface area contributed by atoms with Gasteiger partial charge in [0.1, 0.15) is 11.5 Å².